The molecule has 0 aliphatic rings. The molecular weight excluding hydrogens is 232 g/mol. The van der Waals surface area contributed by atoms with E-state index in [1.165, 1.54) is 16.7 Å². The van der Waals surface area contributed by atoms with Crippen molar-refractivity contribution < 1.29 is 4.42 Å². The second kappa shape index (κ2) is 5.15. The van der Waals surface area contributed by atoms with Gasteiger partial charge in [-0.1, -0.05) is 49.4 Å². The molecular formula is C18H16O. The topological polar surface area (TPSA) is 13.1 Å². The molecule has 0 radical (unpaired) electrons. The van der Waals surface area contributed by atoms with Crippen molar-refractivity contribution in [3.8, 4) is 22.5 Å². The largest absolute Gasteiger partial charge is 0.464 e. The highest BCUT2D eigenvalue weighted by molar-refractivity contribution is 5.70. The molecule has 0 saturated heterocycles. The first kappa shape index (κ1) is 11.8. The van der Waals surface area contributed by atoms with Crippen LogP contribution in [0.3, 0.4) is 0 Å². The van der Waals surface area contributed by atoms with Crippen LogP contribution in [0.25, 0.3) is 22.5 Å². The van der Waals surface area contributed by atoms with E-state index in [2.05, 4.69) is 55.5 Å². The third-order valence-electron chi connectivity index (χ3n) is 3.36. The minimum atomic E-state index is 0.909. The molecule has 3 aromatic rings. The molecule has 1 heteroatoms. The molecule has 0 aliphatic carbocycles. The molecule has 0 atom stereocenters. The number of hydrogen-bond acceptors (Lipinski definition) is 1. The van der Waals surface area contributed by atoms with Crippen molar-refractivity contribution in [1.82, 2.24) is 0 Å². The van der Waals surface area contributed by atoms with Gasteiger partial charge in [-0.15, -0.1) is 0 Å². The molecule has 0 spiro atoms. The number of hydrogen-bond donors (Lipinski definition) is 0. The quantitative estimate of drug-likeness (QED) is 0.622. The molecule has 0 N–H and O–H groups in total. The number of furan rings is 1. The lowest BCUT2D eigenvalue weighted by atomic mass is 10.0. The first-order valence-electron chi connectivity index (χ1n) is 6.60. The SMILES string of the molecule is CCc1ccc(-c2cccc(-c3ccco3)c2)cc1. The van der Waals surface area contributed by atoms with Crippen LogP contribution in [0.4, 0.5) is 0 Å². The zero-order valence-corrected chi connectivity index (χ0v) is 11.0. The first-order chi connectivity index (χ1) is 9.36. The Kier molecular flexibility index (Phi) is 3.20. The highest BCUT2D eigenvalue weighted by Gasteiger charge is 2.03. The molecule has 0 unspecified atom stereocenters. The lowest BCUT2D eigenvalue weighted by Gasteiger charge is -2.05. The second-order valence-electron chi connectivity index (χ2n) is 4.61. The summed E-state index contributed by atoms with van der Waals surface area (Å²) in [5.41, 5.74) is 4.94. The first-order valence-corrected chi connectivity index (χ1v) is 6.60. The van der Waals surface area contributed by atoms with E-state index in [1.807, 2.05) is 12.1 Å². The van der Waals surface area contributed by atoms with Gasteiger partial charge in [0.25, 0.3) is 0 Å². The van der Waals surface area contributed by atoms with Crippen LogP contribution in [0.5, 0.6) is 0 Å². The van der Waals surface area contributed by atoms with E-state index in [0.717, 1.165) is 17.7 Å². The Balaban J connectivity index is 1.98. The molecule has 94 valence electrons. The van der Waals surface area contributed by atoms with Crippen molar-refractivity contribution in [2.24, 2.45) is 0 Å². The van der Waals surface area contributed by atoms with Crippen molar-refractivity contribution in [2.75, 3.05) is 0 Å². The predicted octanol–water partition coefficient (Wildman–Crippen LogP) is 5.18. The summed E-state index contributed by atoms with van der Waals surface area (Å²) in [4.78, 5) is 0. The molecule has 1 heterocycles. The van der Waals surface area contributed by atoms with Crippen LogP contribution in [0, 0.1) is 0 Å². The molecule has 1 aromatic heterocycles. The fourth-order valence-corrected chi connectivity index (χ4v) is 2.23. The summed E-state index contributed by atoms with van der Waals surface area (Å²) < 4.78 is 5.45. The van der Waals surface area contributed by atoms with Gasteiger partial charge in [0.05, 0.1) is 6.26 Å². The van der Waals surface area contributed by atoms with Gasteiger partial charge >= 0.3 is 0 Å². The Labute approximate surface area is 113 Å². The van der Waals surface area contributed by atoms with Crippen LogP contribution in [0.1, 0.15) is 12.5 Å². The Hall–Kier alpha value is -2.28. The number of aryl methyl sites for hydroxylation is 1. The van der Waals surface area contributed by atoms with Crippen LogP contribution in [0.15, 0.2) is 71.3 Å². The minimum Gasteiger partial charge on any atom is -0.464 e. The summed E-state index contributed by atoms with van der Waals surface area (Å²) >= 11 is 0. The van der Waals surface area contributed by atoms with Gasteiger partial charge in [-0.05, 0) is 41.3 Å². The van der Waals surface area contributed by atoms with Crippen LogP contribution in [0.2, 0.25) is 0 Å². The lowest BCUT2D eigenvalue weighted by Crippen LogP contribution is -1.82. The Morgan fingerprint density at radius 1 is 0.789 bits per heavy atom. The van der Waals surface area contributed by atoms with Crippen molar-refractivity contribution in [1.29, 1.82) is 0 Å². The van der Waals surface area contributed by atoms with Crippen LogP contribution in [-0.2, 0) is 6.42 Å². The third kappa shape index (κ3) is 2.45. The monoisotopic (exact) mass is 248 g/mol. The average molecular weight is 248 g/mol. The fourth-order valence-electron chi connectivity index (χ4n) is 2.23. The van der Waals surface area contributed by atoms with E-state index in [9.17, 15) is 0 Å². The van der Waals surface area contributed by atoms with Crippen molar-refractivity contribution in [3.63, 3.8) is 0 Å². The Morgan fingerprint density at radius 2 is 1.58 bits per heavy atom. The summed E-state index contributed by atoms with van der Waals surface area (Å²) in [6, 6.07) is 21.1. The van der Waals surface area contributed by atoms with E-state index >= 15 is 0 Å². The van der Waals surface area contributed by atoms with Crippen LogP contribution in [-0.4, -0.2) is 0 Å². The maximum Gasteiger partial charge on any atom is 0.133 e. The maximum absolute atomic E-state index is 5.45. The summed E-state index contributed by atoms with van der Waals surface area (Å²) in [6.45, 7) is 2.17. The standard InChI is InChI=1S/C18H16O/c1-2-14-8-10-15(11-9-14)16-5-3-6-17(13-16)18-7-4-12-19-18/h3-13H,2H2,1H3. The van der Waals surface area contributed by atoms with Crippen LogP contribution < -0.4 is 0 Å². The van der Waals surface area contributed by atoms with Gasteiger partial charge in [0.15, 0.2) is 0 Å². The number of rotatable bonds is 3. The minimum absolute atomic E-state index is 0.909. The predicted molar refractivity (Wildman–Crippen MR) is 79.0 cm³/mol. The normalized spacial score (nSPS) is 10.6. The molecule has 0 bridgehead atoms. The Morgan fingerprint density at radius 3 is 2.26 bits per heavy atom. The molecule has 0 amide bonds. The van der Waals surface area contributed by atoms with Gasteiger partial charge in [-0.3, -0.25) is 0 Å². The van der Waals surface area contributed by atoms with Crippen molar-refractivity contribution >= 4 is 0 Å². The zero-order valence-electron chi connectivity index (χ0n) is 11.0. The van der Waals surface area contributed by atoms with Gasteiger partial charge in [-0.2, -0.15) is 0 Å². The molecule has 19 heavy (non-hydrogen) atoms. The number of benzene rings is 2. The highest BCUT2D eigenvalue weighted by atomic mass is 16.3. The molecule has 0 aliphatic heterocycles. The molecule has 3 rings (SSSR count). The van der Waals surface area contributed by atoms with E-state index in [-0.39, 0.29) is 0 Å². The maximum atomic E-state index is 5.45. The second-order valence-corrected chi connectivity index (χ2v) is 4.61. The summed E-state index contributed by atoms with van der Waals surface area (Å²) in [5, 5.41) is 0. The smallest absolute Gasteiger partial charge is 0.133 e. The molecule has 0 fully saturated rings. The average Bonchev–Trinajstić information content (AvgIpc) is 3.02. The fraction of sp³-hybridized carbons (Fsp3) is 0.111. The van der Waals surface area contributed by atoms with Gasteiger partial charge in [-0.25, -0.2) is 0 Å². The van der Waals surface area contributed by atoms with Gasteiger partial charge in [0, 0.05) is 5.56 Å². The lowest BCUT2D eigenvalue weighted by molar-refractivity contribution is 0.582. The van der Waals surface area contributed by atoms with Crippen molar-refractivity contribution in [3.05, 3.63) is 72.5 Å². The zero-order chi connectivity index (χ0) is 13.1. The van der Waals surface area contributed by atoms with E-state index < -0.39 is 0 Å². The van der Waals surface area contributed by atoms with Crippen LogP contribution >= 0.6 is 0 Å². The van der Waals surface area contributed by atoms with Gasteiger partial charge in [0.2, 0.25) is 0 Å². The van der Waals surface area contributed by atoms with Gasteiger partial charge < -0.3 is 4.42 Å². The summed E-state index contributed by atoms with van der Waals surface area (Å²) in [5.74, 6) is 0.909. The summed E-state index contributed by atoms with van der Waals surface area (Å²) in [7, 11) is 0. The van der Waals surface area contributed by atoms with Gasteiger partial charge in [0.1, 0.15) is 5.76 Å². The van der Waals surface area contributed by atoms with E-state index in [4.69, 9.17) is 4.42 Å². The molecule has 0 saturated carbocycles. The van der Waals surface area contributed by atoms with Crippen molar-refractivity contribution in [2.45, 2.75) is 13.3 Å². The van der Waals surface area contributed by atoms with E-state index in [0.29, 0.717) is 0 Å². The Bertz CT molecular complexity index is 648. The summed E-state index contributed by atoms with van der Waals surface area (Å²) in [6.07, 6.45) is 2.78. The molecule has 2 aromatic carbocycles. The highest BCUT2D eigenvalue weighted by Crippen LogP contribution is 2.26. The van der Waals surface area contributed by atoms with E-state index in [1.54, 1.807) is 6.26 Å². The third-order valence-corrected chi connectivity index (χ3v) is 3.36. The molecule has 1 nitrogen and oxygen atoms in total.